The molecule has 0 fully saturated rings. The molecule has 3 aromatic carbocycles. The molecule has 0 spiro atoms. The third kappa shape index (κ3) is 5.71. The monoisotopic (exact) mass is 431 g/mol. The Labute approximate surface area is 172 Å². The van der Waals surface area contributed by atoms with Crippen molar-refractivity contribution in [1.82, 2.24) is 0 Å². The van der Waals surface area contributed by atoms with Gasteiger partial charge in [-0.3, -0.25) is 4.72 Å². The predicted molar refractivity (Wildman–Crippen MR) is 108 cm³/mol. The first-order valence-electron chi connectivity index (χ1n) is 8.81. The number of carboxylic acid groups (broad SMARTS) is 1. The summed E-state index contributed by atoms with van der Waals surface area (Å²) in [6.45, 7) is 0.468. The minimum Gasteiger partial charge on any atom is -0.490 e. The number of carbonyl (C=O) groups is 1. The van der Waals surface area contributed by atoms with Crippen LogP contribution in [0.4, 0.5) is 10.1 Å². The summed E-state index contributed by atoms with van der Waals surface area (Å²) in [5, 5.41) is 8.85. The first kappa shape index (κ1) is 21.1. The molecule has 0 bridgehead atoms. The van der Waals surface area contributed by atoms with E-state index in [0.717, 1.165) is 6.07 Å². The highest BCUT2D eigenvalue weighted by molar-refractivity contribution is 7.92. The molecule has 0 aliphatic rings. The number of sulfonamides is 1. The zero-order valence-corrected chi connectivity index (χ0v) is 16.4. The second kappa shape index (κ2) is 9.27. The van der Waals surface area contributed by atoms with E-state index in [9.17, 15) is 17.6 Å². The molecule has 7 nitrogen and oxygen atoms in total. The Kier molecular flexibility index (Phi) is 6.53. The van der Waals surface area contributed by atoms with Crippen LogP contribution in [0.5, 0.6) is 11.5 Å². The van der Waals surface area contributed by atoms with E-state index in [4.69, 9.17) is 14.6 Å². The molecule has 0 saturated heterocycles. The van der Waals surface area contributed by atoms with Crippen LogP contribution in [0.15, 0.2) is 77.7 Å². The third-order valence-electron chi connectivity index (χ3n) is 3.93. The minimum atomic E-state index is -3.90. The Morgan fingerprint density at radius 2 is 1.47 bits per heavy atom. The van der Waals surface area contributed by atoms with Gasteiger partial charge in [-0.05, 0) is 66.7 Å². The molecule has 0 unspecified atom stereocenters. The van der Waals surface area contributed by atoms with Crippen molar-refractivity contribution in [2.24, 2.45) is 0 Å². The molecule has 0 atom stereocenters. The average molecular weight is 431 g/mol. The minimum absolute atomic E-state index is 0.170. The highest BCUT2D eigenvalue weighted by Crippen LogP contribution is 2.20. The number of ether oxygens (including phenoxy) is 2. The molecule has 156 valence electrons. The Balaban J connectivity index is 1.49. The fraction of sp³-hybridized carbons (Fsp3) is 0.0952. The van der Waals surface area contributed by atoms with Crippen molar-refractivity contribution >= 4 is 21.7 Å². The van der Waals surface area contributed by atoms with Crippen molar-refractivity contribution in [3.05, 3.63) is 84.2 Å². The van der Waals surface area contributed by atoms with Crippen LogP contribution < -0.4 is 14.2 Å². The van der Waals surface area contributed by atoms with Gasteiger partial charge >= 0.3 is 5.97 Å². The standard InChI is InChI=1S/C21H18FNO6S/c22-16-2-1-3-20(14-16)30(26,27)23-17-6-10-19(11-7-17)29-13-12-28-18-8-4-15(5-9-18)21(24)25/h1-11,14,23H,12-13H2,(H,24,25). The van der Waals surface area contributed by atoms with E-state index < -0.39 is 21.8 Å². The normalized spacial score (nSPS) is 11.0. The van der Waals surface area contributed by atoms with Crippen LogP contribution in [0.25, 0.3) is 0 Å². The Bertz CT molecular complexity index is 1110. The molecular formula is C21H18FNO6S. The maximum Gasteiger partial charge on any atom is 0.335 e. The number of hydrogen-bond acceptors (Lipinski definition) is 5. The largest absolute Gasteiger partial charge is 0.490 e. The van der Waals surface area contributed by atoms with Crippen LogP contribution in [0.1, 0.15) is 10.4 Å². The van der Waals surface area contributed by atoms with Crippen LogP contribution in [0.3, 0.4) is 0 Å². The van der Waals surface area contributed by atoms with E-state index >= 15 is 0 Å². The van der Waals surface area contributed by atoms with Gasteiger partial charge in [0.1, 0.15) is 30.5 Å². The summed E-state index contributed by atoms with van der Waals surface area (Å²) in [5.41, 5.74) is 0.480. The van der Waals surface area contributed by atoms with Gasteiger partial charge in [-0.1, -0.05) is 6.07 Å². The maximum atomic E-state index is 13.3. The summed E-state index contributed by atoms with van der Waals surface area (Å²) in [4.78, 5) is 10.6. The highest BCUT2D eigenvalue weighted by atomic mass is 32.2. The molecule has 0 aromatic heterocycles. The SMILES string of the molecule is O=C(O)c1ccc(OCCOc2ccc(NS(=O)(=O)c3cccc(F)c3)cc2)cc1. The third-order valence-corrected chi connectivity index (χ3v) is 5.31. The number of nitrogens with one attached hydrogen (secondary N) is 1. The molecule has 9 heteroatoms. The molecule has 3 aromatic rings. The number of hydrogen-bond donors (Lipinski definition) is 2. The number of anilines is 1. The number of halogens is 1. The van der Waals surface area contributed by atoms with Crippen LogP contribution in [-0.2, 0) is 10.0 Å². The van der Waals surface area contributed by atoms with E-state index in [-0.39, 0.29) is 23.7 Å². The van der Waals surface area contributed by atoms with E-state index in [1.54, 1.807) is 24.3 Å². The summed E-state index contributed by atoms with van der Waals surface area (Å²) in [5.74, 6) is -0.618. The lowest BCUT2D eigenvalue weighted by Crippen LogP contribution is -2.13. The zero-order chi connectivity index (χ0) is 21.6. The van der Waals surface area contributed by atoms with Gasteiger partial charge in [0, 0.05) is 5.69 Å². The smallest absolute Gasteiger partial charge is 0.335 e. The van der Waals surface area contributed by atoms with Crippen LogP contribution in [0, 0.1) is 5.82 Å². The van der Waals surface area contributed by atoms with Gasteiger partial charge in [0.05, 0.1) is 10.5 Å². The topological polar surface area (TPSA) is 102 Å². The predicted octanol–water partition coefficient (Wildman–Crippen LogP) is 3.78. The number of carboxylic acids is 1. The van der Waals surface area contributed by atoms with Gasteiger partial charge in [0.25, 0.3) is 10.0 Å². The van der Waals surface area contributed by atoms with Gasteiger partial charge < -0.3 is 14.6 Å². The van der Waals surface area contributed by atoms with Crippen LogP contribution >= 0.6 is 0 Å². The van der Waals surface area contributed by atoms with Crippen molar-refractivity contribution in [3.8, 4) is 11.5 Å². The van der Waals surface area contributed by atoms with Crippen molar-refractivity contribution < 1.29 is 32.2 Å². The second-order valence-corrected chi connectivity index (χ2v) is 7.80. The lowest BCUT2D eigenvalue weighted by molar-refractivity contribution is 0.0697. The first-order chi connectivity index (χ1) is 14.3. The maximum absolute atomic E-state index is 13.3. The summed E-state index contributed by atoms with van der Waals surface area (Å²) in [6.07, 6.45) is 0. The van der Waals surface area contributed by atoms with Gasteiger partial charge in [-0.25, -0.2) is 17.6 Å². The number of aromatic carboxylic acids is 1. The van der Waals surface area contributed by atoms with Crippen LogP contribution in [0.2, 0.25) is 0 Å². The van der Waals surface area contributed by atoms with E-state index in [1.807, 2.05) is 0 Å². The Morgan fingerprint density at radius 1 is 0.900 bits per heavy atom. The molecule has 3 rings (SSSR count). The lowest BCUT2D eigenvalue weighted by atomic mass is 10.2. The van der Waals surface area contributed by atoms with Crippen molar-refractivity contribution in [1.29, 1.82) is 0 Å². The number of benzene rings is 3. The summed E-state index contributed by atoms with van der Waals surface area (Å²) in [7, 11) is -3.90. The zero-order valence-electron chi connectivity index (χ0n) is 15.6. The molecule has 0 saturated carbocycles. The quantitative estimate of drug-likeness (QED) is 0.500. The molecular weight excluding hydrogens is 413 g/mol. The number of rotatable bonds is 9. The van der Waals surface area contributed by atoms with E-state index in [1.165, 1.54) is 42.5 Å². The molecule has 0 amide bonds. The Morgan fingerprint density at radius 3 is 2.00 bits per heavy atom. The summed E-state index contributed by atoms with van der Waals surface area (Å²) in [6, 6.07) is 17.0. The van der Waals surface area contributed by atoms with Gasteiger partial charge in [0.15, 0.2) is 0 Å². The van der Waals surface area contributed by atoms with Crippen molar-refractivity contribution in [3.63, 3.8) is 0 Å². The highest BCUT2D eigenvalue weighted by Gasteiger charge is 2.14. The molecule has 2 N–H and O–H groups in total. The lowest BCUT2D eigenvalue weighted by Gasteiger charge is -2.11. The second-order valence-electron chi connectivity index (χ2n) is 6.11. The molecule has 0 radical (unpaired) electrons. The molecule has 0 aliphatic carbocycles. The fourth-order valence-electron chi connectivity index (χ4n) is 2.48. The summed E-state index contributed by atoms with van der Waals surface area (Å²) < 4.78 is 51.2. The van der Waals surface area contributed by atoms with Crippen LogP contribution in [-0.4, -0.2) is 32.7 Å². The Hall–Kier alpha value is -3.59. The molecule has 0 aliphatic heterocycles. The molecule has 30 heavy (non-hydrogen) atoms. The molecule has 0 heterocycles. The fourth-order valence-corrected chi connectivity index (χ4v) is 3.57. The van der Waals surface area contributed by atoms with Gasteiger partial charge in [-0.2, -0.15) is 0 Å². The van der Waals surface area contributed by atoms with Gasteiger partial charge in [0.2, 0.25) is 0 Å². The van der Waals surface area contributed by atoms with E-state index in [2.05, 4.69) is 4.72 Å². The van der Waals surface area contributed by atoms with Gasteiger partial charge in [-0.15, -0.1) is 0 Å². The van der Waals surface area contributed by atoms with Crippen molar-refractivity contribution in [2.75, 3.05) is 17.9 Å². The van der Waals surface area contributed by atoms with E-state index in [0.29, 0.717) is 17.2 Å². The first-order valence-corrected chi connectivity index (χ1v) is 10.3. The average Bonchev–Trinajstić information content (AvgIpc) is 2.72. The van der Waals surface area contributed by atoms with Crippen molar-refractivity contribution in [2.45, 2.75) is 4.90 Å². The summed E-state index contributed by atoms with van der Waals surface area (Å²) >= 11 is 0.